The summed E-state index contributed by atoms with van der Waals surface area (Å²) in [6, 6.07) is 0. The van der Waals surface area contributed by atoms with Crippen LogP contribution in [0.5, 0.6) is 0 Å². The quantitative estimate of drug-likeness (QED) is 0.497. The van der Waals surface area contributed by atoms with E-state index in [9.17, 15) is 4.79 Å². The van der Waals surface area contributed by atoms with E-state index in [2.05, 4.69) is 27.7 Å². The minimum atomic E-state index is -0.219. The first-order valence-electron chi connectivity index (χ1n) is 5.79. The Hall–Kier alpha value is -0.790. The molecule has 15 heavy (non-hydrogen) atoms. The Bertz CT molecular complexity index is 195. The van der Waals surface area contributed by atoms with Crippen LogP contribution in [-0.2, 0) is 9.53 Å². The van der Waals surface area contributed by atoms with E-state index in [0.717, 1.165) is 12.8 Å². The van der Waals surface area contributed by atoms with Crippen molar-refractivity contribution in [3.05, 3.63) is 12.2 Å². The fourth-order valence-corrected chi connectivity index (χ4v) is 1.58. The van der Waals surface area contributed by atoms with Gasteiger partial charge in [-0.15, -0.1) is 0 Å². The maximum atomic E-state index is 11.3. The van der Waals surface area contributed by atoms with Gasteiger partial charge >= 0.3 is 5.97 Å². The zero-order chi connectivity index (χ0) is 11.8. The van der Waals surface area contributed by atoms with E-state index in [1.54, 1.807) is 6.08 Å². The molecule has 0 aliphatic carbocycles. The molecule has 0 amide bonds. The lowest BCUT2D eigenvalue weighted by Gasteiger charge is -2.20. The fourth-order valence-electron chi connectivity index (χ4n) is 1.58. The van der Waals surface area contributed by atoms with Crippen molar-refractivity contribution < 1.29 is 9.53 Å². The first kappa shape index (κ1) is 14.2. The lowest BCUT2D eigenvalue weighted by Crippen LogP contribution is -2.21. The molecule has 0 saturated heterocycles. The molecule has 0 fully saturated rings. The number of ether oxygens (including phenoxy) is 1. The molecule has 0 aliphatic rings. The minimum absolute atomic E-state index is 0.0636. The standard InChI is InChI=1S/C13H24O2/c1-6-7-13(14)15-12(8-10(2)3)9-11(4)5/h6-7,10-12H,8-9H2,1-5H3. The molecule has 0 aliphatic heterocycles. The summed E-state index contributed by atoms with van der Waals surface area (Å²) in [5.74, 6) is 0.906. The molecule has 0 radical (unpaired) electrons. The highest BCUT2D eigenvalue weighted by molar-refractivity contribution is 5.81. The molecule has 0 aromatic rings. The zero-order valence-electron chi connectivity index (χ0n) is 10.6. The van der Waals surface area contributed by atoms with Crippen LogP contribution < -0.4 is 0 Å². The van der Waals surface area contributed by atoms with Crippen molar-refractivity contribution in [3.63, 3.8) is 0 Å². The smallest absolute Gasteiger partial charge is 0.330 e. The summed E-state index contributed by atoms with van der Waals surface area (Å²) in [7, 11) is 0. The number of hydrogen-bond acceptors (Lipinski definition) is 2. The summed E-state index contributed by atoms with van der Waals surface area (Å²) >= 11 is 0. The van der Waals surface area contributed by atoms with E-state index >= 15 is 0 Å². The highest BCUT2D eigenvalue weighted by Gasteiger charge is 2.16. The molecule has 2 nitrogen and oxygen atoms in total. The number of carbonyl (C=O) groups excluding carboxylic acids is 1. The van der Waals surface area contributed by atoms with E-state index in [-0.39, 0.29) is 12.1 Å². The Balaban J connectivity index is 4.17. The second kappa shape index (κ2) is 7.49. The molecular formula is C13H24O2. The predicted molar refractivity (Wildman–Crippen MR) is 63.6 cm³/mol. The van der Waals surface area contributed by atoms with Gasteiger partial charge in [0.2, 0.25) is 0 Å². The first-order valence-corrected chi connectivity index (χ1v) is 5.79. The fraction of sp³-hybridized carbons (Fsp3) is 0.769. The highest BCUT2D eigenvalue weighted by atomic mass is 16.5. The van der Waals surface area contributed by atoms with Gasteiger partial charge in [0.1, 0.15) is 6.10 Å². The van der Waals surface area contributed by atoms with Gasteiger partial charge in [0.15, 0.2) is 0 Å². The van der Waals surface area contributed by atoms with Crippen molar-refractivity contribution in [2.24, 2.45) is 11.8 Å². The summed E-state index contributed by atoms with van der Waals surface area (Å²) in [6.07, 6.45) is 5.15. The number of esters is 1. The molecule has 88 valence electrons. The van der Waals surface area contributed by atoms with Gasteiger partial charge in [-0.05, 0) is 31.6 Å². The number of hydrogen-bond donors (Lipinski definition) is 0. The highest BCUT2D eigenvalue weighted by Crippen LogP contribution is 2.16. The first-order chi connectivity index (χ1) is 6.95. The third kappa shape index (κ3) is 8.22. The third-order valence-corrected chi connectivity index (χ3v) is 2.05. The second-order valence-electron chi connectivity index (χ2n) is 4.82. The Morgan fingerprint density at radius 3 is 1.93 bits per heavy atom. The second-order valence-corrected chi connectivity index (χ2v) is 4.82. The van der Waals surface area contributed by atoms with Crippen molar-refractivity contribution >= 4 is 5.97 Å². The Labute approximate surface area is 93.7 Å². The van der Waals surface area contributed by atoms with Gasteiger partial charge in [-0.3, -0.25) is 0 Å². The lowest BCUT2D eigenvalue weighted by atomic mass is 9.98. The van der Waals surface area contributed by atoms with E-state index < -0.39 is 0 Å². The molecule has 0 spiro atoms. The molecule has 2 heteroatoms. The van der Waals surface area contributed by atoms with Crippen LogP contribution in [0.3, 0.4) is 0 Å². The van der Waals surface area contributed by atoms with Crippen LogP contribution in [0.25, 0.3) is 0 Å². The van der Waals surface area contributed by atoms with Crippen LogP contribution in [0, 0.1) is 11.8 Å². The summed E-state index contributed by atoms with van der Waals surface area (Å²) < 4.78 is 5.39. The zero-order valence-corrected chi connectivity index (χ0v) is 10.6. The molecule has 0 aromatic carbocycles. The van der Waals surface area contributed by atoms with Gasteiger partial charge in [0, 0.05) is 6.08 Å². The van der Waals surface area contributed by atoms with Crippen molar-refractivity contribution in [1.82, 2.24) is 0 Å². The normalized spacial score (nSPS) is 12.0. The van der Waals surface area contributed by atoms with Crippen LogP contribution in [0.4, 0.5) is 0 Å². The van der Waals surface area contributed by atoms with Crippen molar-refractivity contribution in [3.8, 4) is 0 Å². The Kier molecular flexibility index (Phi) is 7.10. The van der Waals surface area contributed by atoms with Gasteiger partial charge in [-0.1, -0.05) is 33.8 Å². The molecule has 0 N–H and O–H groups in total. The summed E-state index contributed by atoms with van der Waals surface area (Å²) in [6.45, 7) is 10.4. The van der Waals surface area contributed by atoms with Crippen molar-refractivity contribution in [1.29, 1.82) is 0 Å². The van der Waals surface area contributed by atoms with Crippen molar-refractivity contribution in [2.45, 2.75) is 53.6 Å². The maximum absolute atomic E-state index is 11.3. The van der Waals surface area contributed by atoms with E-state index in [4.69, 9.17) is 4.74 Å². The molecule has 0 bridgehead atoms. The number of carbonyl (C=O) groups is 1. The van der Waals surface area contributed by atoms with Crippen LogP contribution in [-0.4, -0.2) is 12.1 Å². The topological polar surface area (TPSA) is 26.3 Å². The SMILES string of the molecule is CC=CC(=O)OC(CC(C)C)CC(C)C. The van der Waals surface area contributed by atoms with E-state index in [1.807, 2.05) is 6.92 Å². The van der Waals surface area contributed by atoms with E-state index in [0.29, 0.717) is 11.8 Å². The molecule has 0 unspecified atom stereocenters. The molecular weight excluding hydrogens is 188 g/mol. The third-order valence-electron chi connectivity index (χ3n) is 2.05. The minimum Gasteiger partial charge on any atom is -0.459 e. The van der Waals surface area contributed by atoms with Gasteiger partial charge in [0.05, 0.1) is 0 Å². The van der Waals surface area contributed by atoms with Gasteiger partial charge in [-0.25, -0.2) is 4.79 Å². The Morgan fingerprint density at radius 1 is 1.13 bits per heavy atom. The summed E-state index contributed by atoms with van der Waals surface area (Å²) in [4.78, 5) is 11.3. The van der Waals surface area contributed by atoms with Gasteiger partial charge < -0.3 is 4.74 Å². The monoisotopic (exact) mass is 212 g/mol. The molecule has 0 heterocycles. The molecule has 0 atom stereocenters. The molecule has 0 aromatic heterocycles. The lowest BCUT2D eigenvalue weighted by molar-refractivity contribution is -0.144. The van der Waals surface area contributed by atoms with Crippen LogP contribution in [0.1, 0.15) is 47.5 Å². The van der Waals surface area contributed by atoms with Crippen LogP contribution in [0.15, 0.2) is 12.2 Å². The summed E-state index contributed by atoms with van der Waals surface area (Å²) in [5.41, 5.74) is 0. The molecule has 0 rings (SSSR count). The van der Waals surface area contributed by atoms with Crippen molar-refractivity contribution in [2.75, 3.05) is 0 Å². The Morgan fingerprint density at radius 2 is 1.60 bits per heavy atom. The number of rotatable bonds is 6. The van der Waals surface area contributed by atoms with Crippen LogP contribution >= 0.6 is 0 Å². The van der Waals surface area contributed by atoms with E-state index in [1.165, 1.54) is 6.08 Å². The average Bonchev–Trinajstić information content (AvgIpc) is 2.00. The van der Waals surface area contributed by atoms with Gasteiger partial charge in [0.25, 0.3) is 0 Å². The average molecular weight is 212 g/mol. The number of allylic oxidation sites excluding steroid dienone is 1. The maximum Gasteiger partial charge on any atom is 0.330 e. The predicted octanol–water partition coefficient (Wildman–Crippen LogP) is 3.57. The molecule has 0 saturated carbocycles. The van der Waals surface area contributed by atoms with Gasteiger partial charge in [-0.2, -0.15) is 0 Å². The largest absolute Gasteiger partial charge is 0.459 e. The summed E-state index contributed by atoms with van der Waals surface area (Å²) in [5, 5.41) is 0. The van der Waals surface area contributed by atoms with Crippen LogP contribution in [0.2, 0.25) is 0 Å².